The first-order chi connectivity index (χ1) is 30.0. The van der Waals surface area contributed by atoms with Crippen LogP contribution in [-0.4, -0.2) is 63.6 Å². The third-order valence-electron chi connectivity index (χ3n) is 13.4. The molecule has 7 aromatic rings. The van der Waals surface area contributed by atoms with E-state index < -0.39 is 25.9 Å². The van der Waals surface area contributed by atoms with Gasteiger partial charge < -0.3 is 19.5 Å². The highest BCUT2D eigenvalue weighted by Gasteiger charge is 2.66. The first-order valence-electron chi connectivity index (χ1n) is 21.2. The van der Waals surface area contributed by atoms with Crippen LogP contribution < -0.4 is 14.7 Å². The number of aryl methyl sites for hydroxylation is 1. The van der Waals surface area contributed by atoms with Gasteiger partial charge in [0.25, 0.3) is 17.7 Å². The molecule has 6 aromatic carbocycles. The zero-order valence-electron chi connectivity index (χ0n) is 34.5. The van der Waals surface area contributed by atoms with Crippen LogP contribution in [0.1, 0.15) is 50.9 Å². The van der Waals surface area contributed by atoms with Crippen LogP contribution in [0.25, 0.3) is 21.5 Å². The Morgan fingerprint density at radius 1 is 0.758 bits per heavy atom. The molecule has 1 spiro atoms. The van der Waals surface area contributed by atoms with Gasteiger partial charge in [-0.25, -0.2) is 0 Å². The van der Waals surface area contributed by atoms with Crippen molar-refractivity contribution in [3.8, 4) is 0 Å². The Morgan fingerprint density at radius 2 is 1.37 bits per heavy atom. The van der Waals surface area contributed by atoms with Gasteiger partial charge in [-0.2, -0.15) is 0 Å². The number of aromatic nitrogens is 3. The van der Waals surface area contributed by atoms with Gasteiger partial charge in [-0.15, -0.1) is 5.10 Å². The average Bonchev–Trinajstić information content (AvgIpc) is 4.04. The predicted molar refractivity (Wildman–Crippen MR) is 240 cm³/mol. The van der Waals surface area contributed by atoms with E-state index in [1.165, 1.54) is 0 Å². The zero-order valence-corrected chi connectivity index (χ0v) is 35.5. The fourth-order valence-corrected chi connectivity index (χ4v) is 13.5. The number of carbonyl (C=O) groups excluding carboxylic acids is 3. The fraction of sp³-hybridized carbons (Fsp3) is 0.245. The first-order valence-corrected chi connectivity index (χ1v) is 24.2. The van der Waals surface area contributed by atoms with Crippen LogP contribution in [0.5, 0.6) is 0 Å². The van der Waals surface area contributed by atoms with Crippen molar-refractivity contribution < 1.29 is 29.0 Å². The lowest BCUT2D eigenvalue weighted by Gasteiger charge is -2.32. The highest BCUT2D eigenvalue weighted by atomic mass is 28.4. The normalized spacial score (nSPS) is 21.5. The summed E-state index contributed by atoms with van der Waals surface area (Å²) < 4.78 is 8.94. The minimum Gasteiger partial charge on any atom is -0.432 e. The van der Waals surface area contributed by atoms with Gasteiger partial charge in [-0.1, -0.05) is 72.8 Å². The van der Waals surface area contributed by atoms with E-state index in [-0.39, 0.29) is 36.4 Å². The fourth-order valence-electron chi connectivity index (χ4n) is 10.9. The summed E-state index contributed by atoms with van der Waals surface area (Å²) >= 11 is 0. The standard InChI is InChI=1S/C49H44N6O6Si/c1-29-45(62(2,3)60)42(21-23-52-28-33(22-24-56)50-51-52)61-49(29)38-26-35(55-41-18-8-13-32-11-6-16-37(44(32)41)47(55)58)19-20-39(38)53(48(49)59)27-30-9-4-14-34(25-30)54-40-17-7-12-31-10-5-15-36(43(31)40)46(54)57/h4-20,25-26,28-29,42,45,56,60H,21-24,27H2,1-3H3/t29-,42+,45-,49+/m1/s1. The number of carbonyl (C=O) groups is 3. The number of benzene rings is 6. The lowest BCUT2D eigenvalue weighted by Crippen LogP contribution is -2.46. The molecule has 11 rings (SSSR count). The molecular weight excluding hydrogens is 797 g/mol. The van der Waals surface area contributed by atoms with Gasteiger partial charge in [0, 0.05) is 64.9 Å². The molecule has 3 amide bonds. The summed E-state index contributed by atoms with van der Waals surface area (Å²) in [5.41, 5.74) is 5.15. The molecule has 0 aliphatic carbocycles. The van der Waals surface area contributed by atoms with E-state index in [1.54, 1.807) is 25.6 Å². The van der Waals surface area contributed by atoms with Crippen LogP contribution in [0.4, 0.5) is 28.4 Å². The predicted octanol–water partition coefficient (Wildman–Crippen LogP) is 8.14. The number of ether oxygens (including phenoxy) is 1. The molecule has 310 valence electrons. The molecule has 4 atom stereocenters. The number of fused-ring (bicyclic) bond motifs is 2. The molecule has 12 nitrogen and oxygen atoms in total. The maximum atomic E-state index is 15.6. The van der Waals surface area contributed by atoms with Crippen molar-refractivity contribution in [1.82, 2.24) is 15.0 Å². The van der Waals surface area contributed by atoms with Gasteiger partial charge in [0.2, 0.25) is 0 Å². The summed E-state index contributed by atoms with van der Waals surface area (Å²) in [6.07, 6.45) is 2.14. The molecule has 1 fully saturated rings. The largest absolute Gasteiger partial charge is 0.432 e. The maximum Gasteiger partial charge on any atom is 0.264 e. The third-order valence-corrected chi connectivity index (χ3v) is 15.9. The number of hydrogen-bond donors (Lipinski definition) is 2. The van der Waals surface area contributed by atoms with Gasteiger partial charge in [-0.3, -0.25) is 28.9 Å². The number of nitrogens with zero attached hydrogens (tertiary/aromatic N) is 6. The summed E-state index contributed by atoms with van der Waals surface area (Å²) in [5, 5.41) is 21.7. The number of aliphatic hydroxyl groups excluding tert-OH is 1. The molecular formula is C49H44N6O6Si. The minimum absolute atomic E-state index is 0.0351. The van der Waals surface area contributed by atoms with Crippen LogP contribution in [0.3, 0.4) is 0 Å². The average molecular weight is 841 g/mol. The molecule has 0 radical (unpaired) electrons. The molecule has 2 N–H and O–H groups in total. The van der Waals surface area contributed by atoms with Gasteiger partial charge in [0.15, 0.2) is 13.9 Å². The van der Waals surface area contributed by atoms with Gasteiger partial charge in [-0.05, 0) is 90.4 Å². The Hall–Kier alpha value is -6.51. The van der Waals surface area contributed by atoms with Gasteiger partial charge in [0.05, 0.1) is 46.5 Å². The number of aliphatic hydroxyl groups is 1. The van der Waals surface area contributed by atoms with Crippen LogP contribution in [0.2, 0.25) is 18.6 Å². The Balaban J connectivity index is 1.00. The van der Waals surface area contributed by atoms with E-state index >= 15 is 4.79 Å². The van der Waals surface area contributed by atoms with Gasteiger partial charge in [0.1, 0.15) is 0 Å². The van der Waals surface area contributed by atoms with Crippen molar-refractivity contribution in [3.63, 3.8) is 0 Å². The summed E-state index contributed by atoms with van der Waals surface area (Å²) in [4.78, 5) is 61.1. The number of anilines is 5. The van der Waals surface area contributed by atoms with Crippen molar-refractivity contribution in [3.05, 3.63) is 149 Å². The summed E-state index contributed by atoms with van der Waals surface area (Å²) in [7, 11) is -3.01. The van der Waals surface area contributed by atoms with Crippen molar-refractivity contribution in [1.29, 1.82) is 0 Å². The highest BCUT2D eigenvalue weighted by Crippen LogP contribution is 2.61. The van der Waals surface area contributed by atoms with Crippen molar-refractivity contribution in [2.45, 2.75) is 63.2 Å². The number of rotatable bonds is 10. The third kappa shape index (κ3) is 5.58. The molecule has 62 heavy (non-hydrogen) atoms. The van der Waals surface area contributed by atoms with Crippen LogP contribution >= 0.6 is 0 Å². The number of amides is 3. The second kappa shape index (κ2) is 14.0. The molecule has 1 saturated heterocycles. The van der Waals surface area contributed by atoms with Crippen molar-refractivity contribution in [2.75, 3.05) is 21.3 Å². The smallest absolute Gasteiger partial charge is 0.264 e. The van der Waals surface area contributed by atoms with Crippen molar-refractivity contribution in [2.24, 2.45) is 5.92 Å². The monoisotopic (exact) mass is 840 g/mol. The van der Waals surface area contributed by atoms with E-state index in [0.29, 0.717) is 58.8 Å². The van der Waals surface area contributed by atoms with Crippen LogP contribution in [-0.2, 0) is 34.6 Å². The van der Waals surface area contributed by atoms with Crippen LogP contribution in [0, 0.1) is 5.92 Å². The van der Waals surface area contributed by atoms with E-state index in [1.807, 2.05) is 135 Å². The zero-order chi connectivity index (χ0) is 42.7. The summed E-state index contributed by atoms with van der Waals surface area (Å²) in [6.45, 7) is 6.40. The minimum atomic E-state index is -3.01. The lowest BCUT2D eigenvalue weighted by molar-refractivity contribution is -0.146. The van der Waals surface area contributed by atoms with Crippen LogP contribution in [0.15, 0.2) is 121 Å². The van der Waals surface area contributed by atoms with Crippen molar-refractivity contribution >= 4 is 76.0 Å². The highest BCUT2D eigenvalue weighted by molar-refractivity contribution is 6.71. The Bertz CT molecular complexity index is 3020. The Labute approximate surface area is 358 Å². The molecule has 5 heterocycles. The maximum absolute atomic E-state index is 15.6. The summed E-state index contributed by atoms with van der Waals surface area (Å²) in [5.74, 6) is -0.943. The molecule has 1 aromatic heterocycles. The van der Waals surface area contributed by atoms with E-state index in [4.69, 9.17) is 4.74 Å². The Kier molecular flexibility index (Phi) is 8.68. The van der Waals surface area contributed by atoms with E-state index in [0.717, 1.165) is 38.5 Å². The molecule has 13 heteroatoms. The Morgan fingerprint density at radius 3 is 2.00 bits per heavy atom. The molecule has 0 bridgehead atoms. The van der Waals surface area contributed by atoms with E-state index in [2.05, 4.69) is 10.3 Å². The van der Waals surface area contributed by atoms with E-state index in [9.17, 15) is 19.5 Å². The molecule has 0 unspecified atom stereocenters. The molecule has 0 saturated carbocycles. The second-order valence-electron chi connectivity index (χ2n) is 17.5. The first kappa shape index (κ1) is 38.4. The topological polar surface area (TPSA) is 141 Å². The SMILES string of the molecule is C[C@@H]1[C@@H]([Si](C)(C)O)[C@H](CCn2cc(CCO)nn2)O[C@@]12C(=O)N(Cc1cccc(N3C(=O)c4cccc5cccc3c45)c1)c1ccc(N3C(=O)c4cccc5cccc3c45)cc12. The molecule has 4 aliphatic rings. The second-order valence-corrected chi connectivity index (χ2v) is 21.5. The quantitative estimate of drug-likeness (QED) is 0.132. The summed E-state index contributed by atoms with van der Waals surface area (Å²) in [6, 6.07) is 36.9. The lowest BCUT2D eigenvalue weighted by atomic mass is 9.82. The molecule has 4 aliphatic heterocycles. The van der Waals surface area contributed by atoms with Gasteiger partial charge >= 0.3 is 0 Å². The number of hydrogen-bond acceptors (Lipinski definition) is 8.